The highest BCUT2D eigenvalue weighted by Gasteiger charge is 2.33. The minimum atomic E-state index is -0.143. The summed E-state index contributed by atoms with van der Waals surface area (Å²) in [7, 11) is 0. The number of amides is 2. The second-order valence-corrected chi connectivity index (χ2v) is 6.88. The maximum atomic E-state index is 12.5. The summed E-state index contributed by atoms with van der Waals surface area (Å²) < 4.78 is 5.33. The maximum absolute atomic E-state index is 12.5. The average Bonchev–Trinajstić information content (AvgIpc) is 2.92. The van der Waals surface area contributed by atoms with Crippen LogP contribution in [0.25, 0.3) is 0 Å². The molecule has 2 amide bonds. The Morgan fingerprint density at radius 1 is 1.41 bits per heavy atom. The molecule has 0 bridgehead atoms. The van der Waals surface area contributed by atoms with E-state index in [4.69, 9.17) is 4.52 Å². The minimum Gasteiger partial charge on any atom is -0.359 e. The van der Waals surface area contributed by atoms with E-state index < -0.39 is 0 Å². The number of carbonyl (C=O) groups is 1. The molecule has 2 aromatic rings. The van der Waals surface area contributed by atoms with E-state index in [9.17, 15) is 4.79 Å². The molecule has 1 atom stereocenters. The lowest BCUT2D eigenvalue weighted by Gasteiger charge is -2.22. The highest BCUT2D eigenvalue weighted by Crippen LogP contribution is 2.42. The SMILES string of the molecule is Cc1cc([C@@H]2CCCN2C(=O)Nc2nnc(C3CC3)s2)on1. The van der Waals surface area contributed by atoms with Crippen LogP contribution in [0.15, 0.2) is 10.6 Å². The lowest BCUT2D eigenvalue weighted by molar-refractivity contribution is 0.195. The van der Waals surface area contributed by atoms with Gasteiger partial charge in [-0.3, -0.25) is 5.32 Å². The van der Waals surface area contributed by atoms with E-state index in [1.165, 1.54) is 24.2 Å². The quantitative estimate of drug-likeness (QED) is 0.940. The first kappa shape index (κ1) is 13.7. The van der Waals surface area contributed by atoms with Crippen molar-refractivity contribution in [3.8, 4) is 0 Å². The largest absolute Gasteiger partial charge is 0.359 e. The summed E-state index contributed by atoms with van der Waals surface area (Å²) in [6, 6.07) is 1.71. The van der Waals surface area contributed by atoms with E-state index in [1.54, 1.807) is 4.90 Å². The topological polar surface area (TPSA) is 84.2 Å². The van der Waals surface area contributed by atoms with Crippen LogP contribution in [-0.2, 0) is 0 Å². The van der Waals surface area contributed by atoms with Gasteiger partial charge in [0.15, 0.2) is 5.76 Å². The molecule has 0 aromatic carbocycles. The van der Waals surface area contributed by atoms with Crippen molar-refractivity contribution in [1.29, 1.82) is 0 Å². The van der Waals surface area contributed by atoms with Crippen molar-refractivity contribution in [2.75, 3.05) is 11.9 Å². The lowest BCUT2D eigenvalue weighted by atomic mass is 10.1. The molecule has 1 N–H and O–H groups in total. The van der Waals surface area contributed by atoms with Gasteiger partial charge in [-0.25, -0.2) is 4.79 Å². The first-order valence-electron chi connectivity index (χ1n) is 7.55. The van der Waals surface area contributed by atoms with Gasteiger partial charge in [0, 0.05) is 18.5 Å². The van der Waals surface area contributed by atoms with Crippen LogP contribution in [0.1, 0.15) is 54.1 Å². The van der Waals surface area contributed by atoms with Crippen molar-refractivity contribution in [3.05, 3.63) is 22.5 Å². The van der Waals surface area contributed by atoms with E-state index in [0.29, 0.717) is 17.6 Å². The molecule has 8 heteroatoms. The molecule has 1 saturated carbocycles. The zero-order valence-corrected chi connectivity index (χ0v) is 13.1. The smallest absolute Gasteiger partial charge is 0.324 e. The normalized spacial score (nSPS) is 21.3. The predicted octanol–water partition coefficient (Wildman–Crippen LogP) is 3.08. The summed E-state index contributed by atoms with van der Waals surface area (Å²) in [5.74, 6) is 1.31. The Morgan fingerprint density at radius 2 is 2.27 bits per heavy atom. The molecule has 3 heterocycles. The third-order valence-electron chi connectivity index (χ3n) is 4.07. The van der Waals surface area contributed by atoms with E-state index in [0.717, 1.165) is 29.3 Å². The van der Waals surface area contributed by atoms with Crippen LogP contribution in [-0.4, -0.2) is 32.8 Å². The Kier molecular flexibility index (Phi) is 3.33. The summed E-state index contributed by atoms with van der Waals surface area (Å²) >= 11 is 1.48. The van der Waals surface area contributed by atoms with E-state index >= 15 is 0 Å². The molecule has 2 aliphatic rings. The van der Waals surface area contributed by atoms with Gasteiger partial charge in [-0.15, -0.1) is 10.2 Å². The third-order valence-corrected chi connectivity index (χ3v) is 5.07. The van der Waals surface area contributed by atoms with Crippen molar-refractivity contribution in [3.63, 3.8) is 0 Å². The van der Waals surface area contributed by atoms with Gasteiger partial charge in [0.25, 0.3) is 0 Å². The van der Waals surface area contributed by atoms with Crippen LogP contribution in [0.5, 0.6) is 0 Å². The summed E-state index contributed by atoms with van der Waals surface area (Å²) in [5, 5.41) is 16.6. The van der Waals surface area contributed by atoms with Gasteiger partial charge >= 0.3 is 6.03 Å². The first-order valence-corrected chi connectivity index (χ1v) is 8.36. The van der Waals surface area contributed by atoms with Gasteiger partial charge < -0.3 is 9.42 Å². The van der Waals surface area contributed by atoms with E-state index in [2.05, 4.69) is 20.7 Å². The van der Waals surface area contributed by atoms with Crippen LogP contribution in [0.4, 0.5) is 9.93 Å². The maximum Gasteiger partial charge on any atom is 0.324 e. The van der Waals surface area contributed by atoms with Crippen LogP contribution in [0.2, 0.25) is 0 Å². The number of likely N-dealkylation sites (tertiary alicyclic amines) is 1. The number of carbonyl (C=O) groups excluding carboxylic acids is 1. The van der Waals surface area contributed by atoms with Crippen LogP contribution >= 0.6 is 11.3 Å². The molecule has 7 nitrogen and oxygen atoms in total. The summed E-state index contributed by atoms with van der Waals surface area (Å²) in [4.78, 5) is 14.3. The van der Waals surface area contributed by atoms with Crippen LogP contribution in [0.3, 0.4) is 0 Å². The Balaban J connectivity index is 1.46. The first-order chi connectivity index (χ1) is 10.7. The molecule has 1 aliphatic heterocycles. The highest BCUT2D eigenvalue weighted by molar-refractivity contribution is 7.15. The van der Waals surface area contributed by atoms with Gasteiger partial charge in [-0.2, -0.15) is 0 Å². The summed E-state index contributed by atoms with van der Waals surface area (Å²) in [5.41, 5.74) is 0.834. The van der Waals surface area contributed by atoms with Crippen molar-refractivity contribution >= 4 is 22.5 Å². The fraction of sp³-hybridized carbons (Fsp3) is 0.571. The van der Waals surface area contributed by atoms with E-state index in [-0.39, 0.29) is 12.1 Å². The molecule has 0 unspecified atom stereocenters. The molecule has 4 rings (SSSR count). The highest BCUT2D eigenvalue weighted by atomic mass is 32.1. The Bertz CT molecular complexity index is 693. The number of rotatable bonds is 3. The zero-order chi connectivity index (χ0) is 15.1. The van der Waals surface area contributed by atoms with Gasteiger partial charge in [-0.1, -0.05) is 16.5 Å². The molecule has 0 spiro atoms. The molecular formula is C14H17N5O2S. The van der Waals surface area contributed by atoms with Gasteiger partial charge in [0.05, 0.1) is 11.7 Å². The number of nitrogens with one attached hydrogen (secondary N) is 1. The monoisotopic (exact) mass is 319 g/mol. The molecule has 1 saturated heterocycles. The number of aryl methyl sites for hydroxylation is 1. The fourth-order valence-corrected chi connectivity index (χ4v) is 3.69. The summed E-state index contributed by atoms with van der Waals surface area (Å²) in [6.07, 6.45) is 4.22. The Hall–Kier alpha value is -1.96. The Labute approximate surface area is 131 Å². The minimum absolute atomic E-state index is 0.0444. The van der Waals surface area contributed by atoms with Gasteiger partial charge in [0.1, 0.15) is 5.01 Å². The fourth-order valence-electron chi connectivity index (χ4n) is 2.79. The molecule has 0 radical (unpaired) electrons. The van der Waals surface area contributed by atoms with E-state index in [1.807, 2.05) is 13.0 Å². The molecule has 2 fully saturated rings. The number of hydrogen-bond donors (Lipinski definition) is 1. The predicted molar refractivity (Wildman–Crippen MR) is 80.8 cm³/mol. The van der Waals surface area contributed by atoms with Crippen molar-refractivity contribution in [1.82, 2.24) is 20.3 Å². The number of hydrogen-bond acceptors (Lipinski definition) is 6. The number of urea groups is 1. The molecule has 2 aromatic heterocycles. The average molecular weight is 319 g/mol. The second kappa shape index (κ2) is 5.35. The van der Waals surface area contributed by atoms with Crippen LogP contribution < -0.4 is 5.32 Å². The molecule has 116 valence electrons. The van der Waals surface area contributed by atoms with Crippen molar-refractivity contribution in [2.45, 2.75) is 44.6 Å². The second-order valence-electron chi connectivity index (χ2n) is 5.87. The number of anilines is 1. The molecule has 22 heavy (non-hydrogen) atoms. The van der Waals surface area contributed by atoms with Crippen molar-refractivity contribution < 1.29 is 9.32 Å². The lowest BCUT2D eigenvalue weighted by Crippen LogP contribution is -2.34. The zero-order valence-electron chi connectivity index (χ0n) is 12.3. The summed E-state index contributed by atoms with van der Waals surface area (Å²) in [6.45, 7) is 2.59. The van der Waals surface area contributed by atoms with Crippen LogP contribution in [0, 0.1) is 6.92 Å². The number of nitrogens with zero attached hydrogens (tertiary/aromatic N) is 4. The third kappa shape index (κ3) is 2.58. The van der Waals surface area contributed by atoms with Gasteiger partial charge in [0.2, 0.25) is 5.13 Å². The molecule has 1 aliphatic carbocycles. The van der Waals surface area contributed by atoms with Gasteiger partial charge in [-0.05, 0) is 32.6 Å². The molecular weight excluding hydrogens is 302 g/mol. The number of aromatic nitrogens is 3. The van der Waals surface area contributed by atoms with Crippen molar-refractivity contribution in [2.24, 2.45) is 0 Å². The standard InChI is InChI=1S/C14H17N5O2S/c1-8-7-11(21-18-8)10-3-2-6-19(10)14(20)15-13-17-16-12(22-13)9-4-5-9/h7,9-10H,2-6H2,1H3,(H,15,17,20)/t10-/m0/s1. The Morgan fingerprint density at radius 3 is 3.00 bits per heavy atom.